The van der Waals surface area contributed by atoms with E-state index in [-0.39, 0.29) is 17.8 Å². The van der Waals surface area contributed by atoms with Crippen molar-refractivity contribution in [2.24, 2.45) is 0 Å². The number of aliphatic hydroxyl groups is 1. The maximum Gasteiger partial charge on any atom is 0.310 e. The summed E-state index contributed by atoms with van der Waals surface area (Å²) in [7, 11) is 1.68. The molecule has 0 unspecified atom stereocenters. The van der Waals surface area contributed by atoms with Crippen molar-refractivity contribution in [3.63, 3.8) is 0 Å². The molecule has 0 bridgehead atoms. The minimum atomic E-state index is -0.927. The highest BCUT2D eigenvalue weighted by atomic mass is 16.6. The number of likely N-dealkylation sites (N-methyl/N-ethyl adjacent to an activating group) is 1. The Morgan fingerprint density at radius 1 is 1.52 bits per heavy atom. The van der Waals surface area contributed by atoms with Gasteiger partial charge in [-0.05, 0) is 12.1 Å². The molecule has 0 atom stereocenters. The van der Waals surface area contributed by atoms with E-state index in [1.54, 1.807) is 24.1 Å². The van der Waals surface area contributed by atoms with Crippen molar-refractivity contribution in [2.45, 2.75) is 18.4 Å². The Morgan fingerprint density at radius 3 is 2.76 bits per heavy atom. The van der Waals surface area contributed by atoms with Gasteiger partial charge in [-0.15, -0.1) is 0 Å². The van der Waals surface area contributed by atoms with Crippen LogP contribution >= 0.6 is 0 Å². The van der Waals surface area contributed by atoms with Crippen molar-refractivity contribution >= 4 is 11.4 Å². The zero-order chi connectivity index (χ0) is 15.5. The van der Waals surface area contributed by atoms with Gasteiger partial charge >= 0.3 is 5.69 Å². The summed E-state index contributed by atoms with van der Waals surface area (Å²) in [6.45, 7) is 1.21. The molecule has 112 valence electrons. The Hall–Kier alpha value is -2.17. The molecule has 1 fully saturated rings. The zero-order valence-corrected chi connectivity index (χ0v) is 11.8. The molecule has 1 aromatic rings. The molecule has 1 aliphatic heterocycles. The van der Waals surface area contributed by atoms with Crippen LogP contribution < -0.4 is 4.90 Å². The van der Waals surface area contributed by atoms with Gasteiger partial charge in [0.1, 0.15) is 17.3 Å². The summed E-state index contributed by atoms with van der Waals surface area (Å²) < 4.78 is 5.22. The van der Waals surface area contributed by atoms with E-state index in [2.05, 4.69) is 0 Å². The van der Waals surface area contributed by atoms with Gasteiger partial charge in [0.25, 0.3) is 0 Å². The van der Waals surface area contributed by atoms with Gasteiger partial charge in [-0.2, -0.15) is 5.26 Å². The number of ether oxygens (including phenoxy) is 1. The summed E-state index contributed by atoms with van der Waals surface area (Å²) in [5.41, 5.74) is -0.802. The Labute approximate surface area is 122 Å². The molecule has 1 N–H and O–H groups in total. The molecule has 0 aromatic heterocycles. The van der Waals surface area contributed by atoms with Crippen molar-refractivity contribution in [2.75, 3.05) is 31.7 Å². The average molecular weight is 291 g/mol. The number of hydrogen-bond acceptors (Lipinski definition) is 6. The highest BCUT2D eigenvalue weighted by molar-refractivity contribution is 5.69. The lowest BCUT2D eigenvalue weighted by Gasteiger charge is -2.36. The zero-order valence-electron chi connectivity index (χ0n) is 11.8. The van der Waals surface area contributed by atoms with Gasteiger partial charge < -0.3 is 14.7 Å². The fraction of sp³-hybridized carbons (Fsp3) is 0.500. The first-order chi connectivity index (χ1) is 9.97. The number of benzene rings is 1. The van der Waals surface area contributed by atoms with E-state index in [9.17, 15) is 15.2 Å². The number of nitrogens with zero attached hydrogens (tertiary/aromatic N) is 3. The summed E-state index contributed by atoms with van der Waals surface area (Å²) in [5.74, 6) is 0. The molecule has 0 saturated carbocycles. The van der Waals surface area contributed by atoms with Crippen LogP contribution in [-0.4, -0.2) is 42.4 Å². The normalized spacial score (nSPS) is 17.0. The maximum atomic E-state index is 11.2. The summed E-state index contributed by atoms with van der Waals surface area (Å²) in [6, 6.07) is 6.44. The molecule has 7 heteroatoms. The van der Waals surface area contributed by atoms with Crippen LogP contribution in [0.15, 0.2) is 18.2 Å². The first kappa shape index (κ1) is 15.2. The molecule has 1 aliphatic rings. The fourth-order valence-electron chi connectivity index (χ4n) is 2.56. The van der Waals surface area contributed by atoms with Gasteiger partial charge in [-0.1, -0.05) is 6.07 Å². The van der Waals surface area contributed by atoms with Crippen molar-refractivity contribution < 1.29 is 14.8 Å². The molecule has 0 radical (unpaired) electrons. The van der Waals surface area contributed by atoms with Gasteiger partial charge in [-0.25, -0.2) is 0 Å². The van der Waals surface area contributed by atoms with Gasteiger partial charge in [0.05, 0.1) is 10.5 Å². The SMILES string of the molecule is CN(CC1(O)CCOCC1)c1cccc(C#N)c1[N+](=O)[O-]. The van der Waals surface area contributed by atoms with Crippen LogP contribution in [0.4, 0.5) is 11.4 Å². The summed E-state index contributed by atoms with van der Waals surface area (Å²) in [6.07, 6.45) is 0.978. The highest BCUT2D eigenvalue weighted by Gasteiger charge is 2.33. The van der Waals surface area contributed by atoms with Crippen molar-refractivity contribution in [1.29, 1.82) is 5.26 Å². The molecule has 0 spiro atoms. The maximum absolute atomic E-state index is 11.2. The smallest absolute Gasteiger partial charge is 0.310 e. The number of nitro groups is 1. The van der Waals surface area contributed by atoms with Crippen LogP contribution in [0.3, 0.4) is 0 Å². The third-order valence-corrected chi connectivity index (χ3v) is 3.68. The van der Waals surface area contributed by atoms with Crippen LogP contribution in [0.1, 0.15) is 18.4 Å². The molecule has 1 saturated heterocycles. The molecule has 2 rings (SSSR count). The van der Waals surface area contributed by atoms with Crippen LogP contribution in [-0.2, 0) is 4.74 Å². The fourth-order valence-corrected chi connectivity index (χ4v) is 2.56. The second-order valence-corrected chi connectivity index (χ2v) is 5.23. The average Bonchev–Trinajstić information content (AvgIpc) is 2.46. The van der Waals surface area contributed by atoms with E-state index in [1.165, 1.54) is 6.07 Å². The monoisotopic (exact) mass is 291 g/mol. The molecule has 21 heavy (non-hydrogen) atoms. The Balaban J connectivity index is 2.29. The number of hydrogen-bond donors (Lipinski definition) is 1. The largest absolute Gasteiger partial charge is 0.388 e. The third kappa shape index (κ3) is 3.29. The number of para-hydroxylation sites is 1. The Morgan fingerprint density at radius 2 is 2.19 bits per heavy atom. The lowest BCUT2D eigenvalue weighted by molar-refractivity contribution is -0.384. The predicted octanol–water partition coefficient (Wildman–Crippen LogP) is 1.44. The van der Waals surface area contributed by atoms with Crippen LogP contribution in [0, 0.1) is 21.4 Å². The van der Waals surface area contributed by atoms with Gasteiger partial charge in [0.2, 0.25) is 0 Å². The standard InChI is InChI=1S/C14H17N3O4/c1-16(10-14(18)5-7-21-8-6-14)12-4-2-3-11(9-15)13(12)17(19)20/h2-4,18H,5-8,10H2,1H3. The molecular formula is C14H17N3O4. The molecule has 1 heterocycles. The van der Waals surface area contributed by atoms with Gasteiger partial charge in [0, 0.05) is 39.6 Å². The minimum Gasteiger partial charge on any atom is -0.388 e. The molecule has 0 amide bonds. The van der Waals surface area contributed by atoms with Crippen LogP contribution in [0.5, 0.6) is 0 Å². The lowest BCUT2D eigenvalue weighted by atomic mass is 9.93. The second-order valence-electron chi connectivity index (χ2n) is 5.23. The molecule has 1 aromatic carbocycles. The second kappa shape index (κ2) is 6.08. The predicted molar refractivity (Wildman–Crippen MR) is 76.1 cm³/mol. The Bertz CT molecular complexity index is 576. The molecular weight excluding hydrogens is 274 g/mol. The topological polar surface area (TPSA) is 99.6 Å². The van der Waals surface area contributed by atoms with Crippen molar-refractivity contribution in [1.82, 2.24) is 0 Å². The quantitative estimate of drug-likeness (QED) is 0.665. The van der Waals surface area contributed by atoms with Crippen LogP contribution in [0.2, 0.25) is 0 Å². The number of nitro benzene ring substituents is 1. The van der Waals surface area contributed by atoms with Gasteiger partial charge in [0.15, 0.2) is 0 Å². The minimum absolute atomic E-state index is 0.0170. The summed E-state index contributed by atoms with van der Waals surface area (Å²) in [4.78, 5) is 12.3. The van der Waals surface area contributed by atoms with E-state index < -0.39 is 10.5 Å². The van der Waals surface area contributed by atoms with E-state index >= 15 is 0 Å². The van der Waals surface area contributed by atoms with E-state index in [0.717, 1.165) is 0 Å². The number of nitriles is 1. The first-order valence-corrected chi connectivity index (χ1v) is 6.66. The lowest BCUT2D eigenvalue weighted by Crippen LogP contribution is -2.45. The summed E-state index contributed by atoms with van der Waals surface area (Å²) in [5, 5.41) is 30.7. The highest BCUT2D eigenvalue weighted by Crippen LogP contribution is 2.32. The summed E-state index contributed by atoms with van der Waals surface area (Å²) >= 11 is 0. The van der Waals surface area contributed by atoms with E-state index in [1.807, 2.05) is 6.07 Å². The van der Waals surface area contributed by atoms with Crippen molar-refractivity contribution in [3.05, 3.63) is 33.9 Å². The molecule has 7 nitrogen and oxygen atoms in total. The van der Waals surface area contributed by atoms with Gasteiger partial charge in [-0.3, -0.25) is 10.1 Å². The van der Waals surface area contributed by atoms with Crippen LogP contribution in [0.25, 0.3) is 0 Å². The molecule has 0 aliphatic carbocycles. The Kier molecular flexibility index (Phi) is 4.40. The van der Waals surface area contributed by atoms with E-state index in [0.29, 0.717) is 31.7 Å². The number of anilines is 1. The third-order valence-electron chi connectivity index (χ3n) is 3.68. The first-order valence-electron chi connectivity index (χ1n) is 6.66. The van der Waals surface area contributed by atoms with E-state index in [4.69, 9.17) is 10.00 Å². The van der Waals surface area contributed by atoms with Crippen molar-refractivity contribution in [3.8, 4) is 6.07 Å². The number of rotatable bonds is 4.